The minimum atomic E-state index is -0.880. The summed E-state index contributed by atoms with van der Waals surface area (Å²) in [5, 5.41) is 1.73. The number of aryl methyl sites for hydroxylation is 2. The summed E-state index contributed by atoms with van der Waals surface area (Å²) in [5.41, 5.74) is 4.28. The zero-order chi connectivity index (χ0) is 22.4. The Kier molecular flexibility index (Phi) is 4.94. The van der Waals surface area contributed by atoms with Gasteiger partial charge in [-0.25, -0.2) is 9.96 Å². The number of ether oxygens (including phenoxy) is 1. The molecule has 0 radical (unpaired) electrons. The van der Waals surface area contributed by atoms with E-state index in [1.807, 2.05) is 80.6 Å². The number of nitrogens with zero attached hydrogens (tertiary/aromatic N) is 2. The zero-order valence-electron chi connectivity index (χ0n) is 18.2. The number of carbonyl (C=O) groups excluding carboxylic acids is 2. The number of para-hydroxylation sites is 1. The molecule has 32 heavy (non-hydrogen) atoms. The van der Waals surface area contributed by atoms with Crippen LogP contribution in [0.25, 0.3) is 0 Å². The number of fused-ring (bicyclic) bond motifs is 1. The second kappa shape index (κ2) is 7.80. The van der Waals surface area contributed by atoms with Gasteiger partial charge in [0.25, 0.3) is 5.91 Å². The molecule has 2 heterocycles. The van der Waals surface area contributed by atoms with Gasteiger partial charge in [-0.05, 0) is 60.9 Å². The zero-order valence-corrected chi connectivity index (χ0v) is 18.2. The summed E-state index contributed by atoms with van der Waals surface area (Å²) in [6, 6.07) is 22.3. The highest BCUT2D eigenvalue weighted by atomic mass is 16.7. The van der Waals surface area contributed by atoms with Crippen LogP contribution >= 0.6 is 0 Å². The average Bonchev–Trinajstić information content (AvgIpc) is 3.30. The van der Waals surface area contributed by atoms with Gasteiger partial charge in [0.1, 0.15) is 11.7 Å². The Morgan fingerprint density at radius 2 is 1.62 bits per heavy atom. The Morgan fingerprint density at radius 3 is 2.31 bits per heavy atom. The maximum absolute atomic E-state index is 13.7. The predicted octanol–water partition coefficient (Wildman–Crippen LogP) is 4.36. The third kappa shape index (κ3) is 3.15. The minimum absolute atomic E-state index is 0.248. The van der Waals surface area contributed by atoms with E-state index in [4.69, 9.17) is 9.57 Å². The topological polar surface area (TPSA) is 59.1 Å². The van der Waals surface area contributed by atoms with Crippen LogP contribution in [0.5, 0.6) is 5.75 Å². The molecule has 0 bridgehead atoms. The first-order valence-corrected chi connectivity index (χ1v) is 10.6. The van der Waals surface area contributed by atoms with E-state index in [0.29, 0.717) is 5.69 Å². The molecule has 3 aromatic carbocycles. The van der Waals surface area contributed by atoms with Crippen molar-refractivity contribution in [3.8, 4) is 5.75 Å². The highest BCUT2D eigenvalue weighted by molar-refractivity contribution is 6.24. The molecule has 6 nitrogen and oxygen atoms in total. The van der Waals surface area contributed by atoms with Crippen LogP contribution in [0.15, 0.2) is 72.8 Å². The SMILES string of the molecule is COc1ccc([C@@H]2[C@@H]3C(=O)N(c4cccc(C)c4)C(=O)[C@@H]3ON2c2ccccc2C)cc1. The quantitative estimate of drug-likeness (QED) is 0.578. The summed E-state index contributed by atoms with van der Waals surface area (Å²) in [4.78, 5) is 34.5. The van der Waals surface area contributed by atoms with Crippen molar-refractivity contribution in [3.63, 3.8) is 0 Å². The summed E-state index contributed by atoms with van der Waals surface area (Å²) in [6.45, 7) is 3.92. The first-order valence-electron chi connectivity index (χ1n) is 10.6. The molecule has 6 heteroatoms. The number of methoxy groups -OCH3 is 1. The largest absolute Gasteiger partial charge is 0.497 e. The summed E-state index contributed by atoms with van der Waals surface area (Å²) in [5.74, 6) is -0.513. The van der Waals surface area contributed by atoms with Gasteiger partial charge in [0.05, 0.1) is 24.5 Å². The van der Waals surface area contributed by atoms with Crippen LogP contribution in [-0.4, -0.2) is 25.0 Å². The van der Waals surface area contributed by atoms with Crippen molar-refractivity contribution < 1.29 is 19.2 Å². The van der Waals surface area contributed by atoms with Crippen molar-refractivity contribution in [2.24, 2.45) is 5.92 Å². The third-order valence-corrected chi connectivity index (χ3v) is 6.19. The Labute approximate surface area is 186 Å². The van der Waals surface area contributed by atoms with Gasteiger partial charge in [0.15, 0.2) is 6.10 Å². The Morgan fingerprint density at radius 1 is 0.875 bits per heavy atom. The molecule has 0 unspecified atom stereocenters. The number of carbonyl (C=O) groups is 2. The van der Waals surface area contributed by atoms with Crippen molar-refractivity contribution in [1.29, 1.82) is 0 Å². The number of hydrogen-bond donors (Lipinski definition) is 0. The van der Waals surface area contributed by atoms with E-state index < -0.39 is 18.1 Å². The maximum atomic E-state index is 13.7. The van der Waals surface area contributed by atoms with Gasteiger partial charge in [-0.2, -0.15) is 0 Å². The first-order chi connectivity index (χ1) is 15.5. The van der Waals surface area contributed by atoms with Gasteiger partial charge in [0, 0.05) is 0 Å². The van der Waals surface area contributed by atoms with Crippen molar-refractivity contribution in [2.45, 2.75) is 26.0 Å². The number of rotatable bonds is 4. The van der Waals surface area contributed by atoms with Crippen LogP contribution in [0, 0.1) is 19.8 Å². The Bertz CT molecular complexity index is 1190. The summed E-state index contributed by atoms with van der Waals surface area (Å²) in [6.07, 6.45) is -0.880. The molecule has 3 atom stereocenters. The summed E-state index contributed by atoms with van der Waals surface area (Å²) >= 11 is 0. The first kappa shape index (κ1) is 20.3. The molecule has 0 spiro atoms. The second-order valence-electron chi connectivity index (χ2n) is 8.23. The number of anilines is 2. The lowest BCUT2D eigenvalue weighted by atomic mass is 9.90. The number of hydroxylamine groups is 1. The van der Waals surface area contributed by atoms with Crippen LogP contribution < -0.4 is 14.7 Å². The van der Waals surface area contributed by atoms with E-state index in [2.05, 4.69) is 0 Å². The molecule has 2 amide bonds. The highest BCUT2D eigenvalue weighted by Crippen LogP contribution is 2.48. The normalized spacial score (nSPS) is 22.4. The second-order valence-corrected chi connectivity index (χ2v) is 8.23. The fraction of sp³-hybridized carbons (Fsp3) is 0.231. The van der Waals surface area contributed by atoms with Crippen molar-refractivity contribution >= 4 is 23.2 Å². The van der Waals surface area contributed by atoms with Gasteiger partial charge in [-0.15, -0.1) is 0 Å². The predicted molar refractivity (Wildman–Crippen MR) is 121 cm³/mol. The fourth-order valence-electron chi connectivity index (χ4n) is 4.60. The van der Waals surface area contributed by atoms with Crippen molar-refractivity contribution in [1.82, 2.24) is 0 Å². The lowest BCUT2D eigenvalue weighted by Crippen LogP contribution is -2.37. The Balaban J connectivity index is 1.60. The van der Waals surface area contributed by atoms with E-state index in [1.165, 1.54) is 4.90 Å². The van der Waals surface area contributed by atoms with Crippen LogP contribution in [0.3, 0.4) is 0 Å². The van der Waals surface area contributed by atoms with Gasteiger partial charge < -0.3 is 4.74 Å². The van der Waals surface area contributed by atoms with Gasteiger partial charge in [-0.1, -0.05) is 42.5 Å². The molecule has 0 N–H and O–H groups in total. The maximum Gasteiger partial charge on any atom is 0.266 e. The van der Waals surface area contributed by atoms with Gasteiger partial charge in [0.2, 0.25) is 5.91 Å². The summed E-state index contributed by atoms with van der Waals surface area (Å²) < 4.78 is 5.30. The highest BCUT2D eigenvalue weighted by Gasteiger charge is 2.60. The van der Waals surface area contributed by atoms with Crippen molar-refractivity contribution in [3.05, 3.63) is 89.5 Å². The minimum Gasteiger partial charge on any atom is -0.497 e. The van der Waals surface area contributed by atoms with Crippen LogP contribution in [-0.2, 0) is 14.4 Å². The van der Waals surface area contributed by atoms with E-state index >= 15 is 0 Å². The van der Waals surface area contributed by atoms with E-state index in [9.17, 15) is 9.59 Å². The van der Waals surface area contributed by atoms with Gasteiger partial charge >= 0.3 is 0 Å². The monoisotopic (exact) mass is 428 g/mol. The van der Waals surface area contributed by atoms with Crippen LogP contribution in [0.1, 0.15) is 22.7 Å². The molecule has 2 fully saturated rings. The lowest BCUT2D eigenvalue weighted by Gasteiger charge is -2.30. The molecular weight excluding hydrogens is 404 g/mol. The third-order valence-electron chi connectivity index (χ3n) is 6.19. The molecule has 0 aromatic heterocycles. The molecule has 2 aliphatic heterocycles. The van der Waals surface area contributed by atoms with Gasteiger partial charge in [-0.3, -0.25) is 14.4 Å². The lowest BCUT2D eigenvalue weighted by molar-refractivity contribution is -0.126. The van der Waals surface area contributed by atoms with Crippen LogP contribution in [0.2, 0.25) is 0 Å². The number of imide groups is 1. The fourth-order valence-corrected chi connectivity index (χ4v) is 4.60. The van der Waals surface area contributed by atoms with Crippen molar-refractivity contribution in [2.75, 3.05) is 17.1 Å². The summed E-state index contributed by atoms with van der Waals surface area (Å²) in [7, 11) is 1.61. The van der Waals surface area contributed by atoms with E-state index in [0.717, 1.165) is 28.1 Å². The van der Waals surface area contributed by atoms with E-state index in [-0.39, 0.29) is 11.8 Å². The smallest absolute Gasteiger partial charge is 0.266 e. The molecule has 2 aliphatic rings. The molecule has 162 valence electrons. The molecule has 0 aliphatic carbocycles. The number of amides is 2. The molecular formula is C26H24N2O4. The molecule has 0 saturated carbocycles. The average molecular weight is 428 g/mol. The van der Waals surface area contributed by atoms with E-state index in [1.54, 1.807) is 18.2 Å². The number of benzene rings is 3. The number of hydrogen-bond acceptors (Lipinski definition) is 5. The van der Waals surface area contributed by atoms with Crippen LogP contribution in [0.4, 0.5) is 11.4 Å². The molecule has 2 saturated heterocycles. The Hall–Kier alpha value is -3.64. The molecule has 3 aromatic rings. The standard InChI is InChI=1S/C26H24N2O4/c1-16-7-6-9-19(15-16)27-25(29)22-23(18-11-13-20(31-3)14-12-18)28(32-24(22)26(27)30)21-10-5-4-8-17(21)2/h4-15,22-24H,1-3H3/t22-,23+,24+/m0/s1. The molecule has 5 rings (SSSR count).